The molecular formula is C16H18FN3O. The van der Waals surface area contributed by atoms with Crippen LogP contribution in [-0.4, -0.2) is 42.0 Å². The Bertz CT molecular complexity index is 586. The van der Waals surface area contributed by atoms with E-state index in [0.717, 1.165) is 24.3 Å². The number of aromatic nitrogens is 1. The van der Waals surface area contributed by atoms with E-state index in [9.17, 15) is 9.18 Å². The summed E-state index contributed by atoms with van der Waals surface area (Å²) < 4.78 is 12.9. The number of nitrogens with one attached hydrogen (secondary N) is 1. The Morgan fingerprint density at radius 3 is 2.43 bits per heavy atom. The highest BCUT2D eigenvalue weighted by atomic mass is 19.1. The van der Waals surface area contributed by atoms with Gasteiger partial charge in [-0.25, -0.2) is 4.39 Å². The molecule has 1 saturated heterocycles. The smallest absolute Gasteiger partial charge is 0.227 e. The molecule has 0 bridgehead atoms. The fourth-order valence-corrected chi connectivity index (χ4v) is 2.62. The number of carbonyl (C=O) groups is 1. The second-order valence-electron chi connectivity index (χ2n) is 5.24. The number of hydrogen-bond donors (Lipinski definition) is 1. The summed E-state index contributed by atoms with van der Waals surface area (Å²) in [5.41, 5.74) is 2.02. The Labute approximate surface area is 123 Å². The van der Waals surface area contributed by atoms with Gasteiger partial charge in [0.05, 0.1) is 6.42 Å². The van der Waals surface area contributed by atoms with Crippen molar-refractivity contribution in [3.63, 3.8) is 0 Å². The van der Waals surface area contributed by atoms with Crippen molar-refractivity contribution >= 4 is 11.6 Å². The SMILES string of the molecule is O=C(Cc1cc[nH]c1)N1CCN(c2ccc(F)cc2)CC1. The second-order valence-corrected chi connectivity index (χ2v) is 5.24. The third kappa shape index (κ3) is 3.24. The van der Waals surface area contributed by atoms with Gasteiger partial charge in [0.15, 0.2) is 0 Å². The van der Waals surface area contributed by atoms with Crippen molar-refractivity contribution in [2.75, 3.05) is 31.1 Å². The number of aromatic amines is 1. The average Bonchev–Trinajstić information content (AvgIpc) is 3.01. The van der Waals surface area contributed by atoms with E-state index < -0.39 is 0 Å². The van der Waals surface area contributed by atoms with Crippen LogP contribution in [0, 0.1) is 5.82 Å². The summed E-state index contributed by atoms with van der Waals surface area (Å²) >= 11 is 0. The van der Waals surface area contributed by atoms with Crippen LogP contribution in [0.3, 0.4) is 0 Å². The van der Waals surface area contributed by atoms with Gasteiger partial charge in [-0.2, -0.15) is 0 Å². The molecule has 110 valence electrons. The Morgan fingerprint density at radius 2 is 1.81 bits per heavy atom. The summed E-state index contributed by atoms with van der Waals surface area (Å²) in [5, 5.41) is 0. The van der Waals surface area contributed by atoms with Crippen molar-refractivity contribution in [1.29, 1.82) is 0 Å². The molecule has 0 aliphatic carbocycles. The van der Waals surface area contributed by atoms with Crippen molar-refractivity contribution in [3.8, 4) is 0 Å². The number of rotatable bonds is 3. The second kappa shape index (κ2) is 5.99. The molecule has 5 heteroatoms. The predicted octanol–water partition coefficient (Wildman–Crippen LogP) is 2.05. The lowest BCUT2D eigenvalue weighted by Gasteiger charge is -2.36. The molecule has 1 aromatic carbocycles. The highest BCUT2D eigenvalue weighted by Crippen LogP contribution is 2.17. The number of H-pyrrole nitrogens is 1. The molecule has 3 rings (SSSR count). The van der Waals surface area contributed by atoms with E-state index in [1.807, 2.05) is 23.4 Å². The maximum absolute atomic E-state index is 12.9. The quantitative estimate of drug-likeness (QED) is 0.938. The van der Waals surface area contributed by atoms with Gasteiger partial charge >= 0.3 is 0 Å². The molecule has 1 aliphatic rings. The molecule has 1 N–H and O–H groups in total. The molecular weight excluding hydrogens is 269 g/mol. The number of piperazine rings is 1. The molecule has 0 radical (unpaired) electrons. The zero-order valence-corrected chi connectivity index (χ0v) is 11.8. The number of halogens is 1. The normalized spacial score (nSPS) is 15.3. The standard InChI is InChI=1S/C16H18FN3O/c17-14-1-3-15(4-2-14)19-7-9-20(10-8-19)16(21)11-13-5-6-18-12-13/h1-6,12,18H,7-11H2. The topological polar surface area (TPSA) is 39.3 Å². The monoisotopic (exact) mass is 287 g/mol. The minimum absolute atomic E-state index is 0.161. The van der Waals surface area contributed by atoms with E-state index >= 15 is 0 Å². The number of nitrogens with zero attached hydrogens (tertiary/aromatic N) is 2. The van der Waals surface area contributed by atoms with Crippen LogP contribution in [0.25, 0.3) is 0 Å². The maximum Gasteiger partial charge on any atom is 0.227 e. The van der Waals surface area contributed by atoms with Gasteiger partial charge in [-0.15, -0.1) is 0 Å². The highest BCUT2D eigenvalue weighted by molar-refractivity contribution is 5.79. The van der Waals surface area contributed by atoms with Crippen molar-refractivity contribution < 1.29 is 9.18 Å². The third-order valence-electron chi connectivity index (χ3n) is 3.84. The first-order valence-corrected chi connectivity index (χ1v) is 7.12. The summed E-state index contributed by atoms with van der Waals surface area (Å²) in [6.07, 6.45) is 4.13. The van der Waals surface area contributed by atoms with Crippen molar-refractivity contribution in [1.82, 2.24) is 9.88 Å². The van der Waals surface area contributed by atoms with Gasteiger partial charge in [0, 0.05) is 44.3 Å². The van der Waals surface area contributed by atoms with E-state index in [2.05, 4.69) is 9.88 Å². The minimum Gasteiger partial charge on any atom is -0.368 e. The molecule has 0 spiro atoms. The van der Waals surface area contributed by atoms with Crippen LogP contribution >= 0.6 is 0 Å². The molecule has 1 fully saturated rings. The number of carbonyl (C=O) groups excluding carboxylic acids is 1. The Kier molecular flexibility index (Phi) is 3.90. The Balaban J connectivity index is 1.55. The molecule has 0 atom stereocenters. The van der Waals surface area contributed by atoms with Crippen LogP contribution in [0.1, 0.15) is 5.56 Å². The summed E-state index contributed by atoms with van der Waals surface area (Å²) in [4.78, 5) is 19.2. The summed E-state index contributed by atoms with van der Waals surface area (Å²) in [6, 6.07) is 8.43. The highest BCUT2D eigenvalue weighted by Gasteiger charge is 2.21. The molecule has 2 heterocycles. The lowest BCUT2D eigenvalue weighted by atomic mass is 10.2. The lowest BCUT2D eigenvalue weighted by Crippen LogP contribution is -2.49. The van der Waals surface area contributed by atoms with Crippen molar-refractivity contribution in [2.45, 2.75) is 6.42 Å². The average molecular weight is 287 g/mol. The number of anilines is 1. The van der Waals surface area contributed by atoms with Crippen molar-refractivity contribution in [3.05, 3.63) is 54.1 Å². The molecule has 0 unspecified atom stereocenters. The van der Waals surface area contributed by atoms with Crippen LogP contribution in [0.4, 0.5) is 10.1 Å². The molecule has 4 nitrogen and oxygen atoms in total. The van der Waals surface area contributed by atoms with Gasteiger partial charge < -0.3 is 14.8 Å². The fourth-order valence-electron chi connectivity index (χ4n) is 2.62. The molecule has 2 aromatic rings. The van der Waals surface area contributed by atoms with E-state index in [0.29, 0.717) is 19.5 Å². The van der Waals surface area contributed by atoms with Gasteiger partial charge in [-0.1, -0.05) is 0 Å². The van der Waals surface area contributed by atoms with Crippen LogP contribution in [0.15, 0.2) is 42.7 Å². The van der Waals surface area contributed by atoms with E-state index in [4.69, 9.17) is 0 Å². The number of hydrogen-bond acceptors (Lipinski definition) is 2. The molecule has 1 aliphatic heterocycles. The first-order valence-electron chi connectivity index (χ1n) is 7.12. The first-order chi connectivity index (χ1) is 10.2. The summed E-state index contributed by atoms with van der Waals surface area (Å²) in [5.74, 6) is -0.0626. The largest absolute Gasteiger partial charge is 0.368 e. The minimum atomic E-state index is -0.223. The van der Waals surface area contributed by atoms with Gasteiger partial charge in [0.25, 0.3) is 0 Å². The van der Waals surface area contributed by atoms with Crippen LogP contribution in [-0.2, 0) is 11.2 Å². The van der Waals surface area contributed by atoms with Crippen LogP contribution in [0.2, 0.25) is 0 Å². The maximum atomic E-state index is 12.9. The van der Waals surface area contributed by atoms with Gasteiger partial charge in [0.2, 0.25) is 5.91 Å². The molecule has 1 aromatic heterocycles. The zero-order valence-electron chi connectivity index (χ0n) is 11.8. The predicted molar refractivity (Wildman–Crippen MR) is 79.7 cm³/mol. The van der Waals surface area contributed by atoms with E-state index in [-0.39, 0.29) is 11.7 Å². The van der Waals surface area contributed by atoms with Gasteiger partial charge in [-0.3, -0.25) is 4.79 Å². The van der Waals surface area contributed by atoms with Gasteiger partial charge in [0.1, 0.15) is 5.82 Å². The fraction of sp³-hybridized carbons (Fsp3) is 0.312. The van der Waals surface area contributed by atoms with Crippen LogP contribution in [0.5, 0.6) is 0 Å². The van der Waals surface area contributed by atoms with Crippen molar-refractivity contribution in [2.24, 2.45) is 0 Å². The molecule has 1 amide bonds. The number of amides is 1. The lowest BCUT2D eigenvalue weighted by molar-refractivity contribution is -0.130. The Hall–Kier alpha value is -2.30. The number of benzene rings is 1. The Morgan fingerprint density at radius 1 is 1.10 bits per heavy atom. The third-order valence-corrected chi connectivity index (χ3v) is 3.84. The summed E-state index contributed by atoms with van der Waals surface area (Å²) in [6.45, 7) is 2.98. The van der Waals surface area contributed by atoms with E-state index in [1.165, 1.54) is 12.1 Å². The zero-order chi connectivity index (χ0) is 14.7. The summed E-state index contributed by atoms with van der Waals surface area (Å²) in [7, 11) is 0. The first kappa shape index (κ1) is 13.7. The van der Waals surface area contributed by atoms with E-state index in [1.54, 1.807) is 12.1 Å². The molecule has 21 heavy (non-hydrogen) atoms. The van der Waals surface area contributed by atoms with Crippen LogP contribution < -0.4 is 4.90 Å². The van der Waals surface area contributed by atoms with Gasteiger partial charge in [-0.05, 0) is 35.9 Å². The molecule has 0 saturated carbocycles.